The number of carbonyl (C=O) groups excluding carboxylic acids is 1. The second kappa shape index (κ2) is 7.70. The van der Waals surface area contributed by atoms with E-state index in [1.54, 1.807) is 17.0 Å². The monoisotopic (exact) mass is 380 g/mol. The van der Waals surface area contributed by atoms with Crippen LogP contribution in [0, 0.1) is 11.3 Å². The van der Waals surface area contributed by atoms with E-state index in [4.69, 9.17) is 9.15 Å². The largest absolute Gasteiger partial charge is 0.450 e. The van der Waals surface area contributed by atoms with Gasteiger partial charge in [-0.25, -0.2) is 4.98 Å². The van der Waals surface area contributed by atoms with Gasteiger partial charge in [-0.1, -0.05) is 12.1 Å². The number of carbonyl (C=O) groups is 1. The Morgan fingerprint density at radius 3 is 2.85 bits per heavy atom. The fourth-order valence-electron chi connectivity index (χ4n) is 2.76. The third-order valence-corrected chi connectivity index (χ3v) is 4.91. The van der Waals surface area contributed by atoms with Crippen LogP contribution in [0.1, 0.15) is 5.76 Å². The quantitative estimate of drug-likeness (QED) is 0.552. The molecule has 1 N–H and O–H groups in total. The maximum atomic E-state index is 12.4. The summed E-state index contributed by atoms with van der Waals surface area (Å²) in [5, 5.41) is 10.7. The van der Waals surface area contributed by atoms with Gasteiger partial charge in [0.05, 0.1) is 24.2 Å². The zero-order valence-corrected chi connectivity index (χ0v) is 15.2. The van der Waals surface area contributed by atoms with Crippen molar-refractivity contribution >= 4 is 34.8 Å². The molecule has 0 saturated carbocycles. The zero-order valence-electron chi connectivity index (χ0n) is 14.3. The first-order valence-corrected chi connectivity index (χ1v) is 9.26. The standard InChI is InChI=1S/C19H16N4O3S/c20-12-13(18(24)23-7-9-25-10-8-23)11-14-5-6-17(26-14)27-19-21-15-3-1-2-4-16(15)22-19/h1-6,11H,7-10H2,(H,21,22)/b13-11-. The second-order valence-electron chi connectivity index (χ2n) is 5.89. The van der Waals surface area contributed by atoms with Gasteiger partial charge in [0, 0.05) is 19.2 Å². The summed E-state index contributed by atoms with van der Waals surface area (Å²) in [4.78, 5) is 21.8. The highest BCUT2D eigenvalue weighted by Crippen LogP contribution is 2.29. The molecule has 0 aliphatic carbocycles. The summed E-state index contributed by atoms with van der Waals surface area (Å²) in [5.41, 5.74) is 1.88. The Labute approximate surface area is 159 Å². The maximum absolute atomic E-state index is 12.4. The lowest BCUT2D eigenvalue weighted by Crippen LogP contribution is -2.41. The minimum atomic E-state index is -0.302. The number of nitriles is 1. The van der Waals surface area contributed by atoms with Crippen molar-refractivity contribution in [2.75, 3.05) is 26.3 Å². The van der Waals surface area contributed by atoms with E-state index >= 15 is 0 Å². The molecule has 8 heteroatoms. The number of rotatable bonds is 4. The summed E-state index contributed by atoms with van der Waals surface area (Å²) >= 11 is 1.35. The number of para-hydroxylation sites is 2. The Balaban J connectivity index is 1.49. The summed E-state index contributed by atoms with van der Waals surface area (Å²) in [7, 11) is 0. The van der Waals surface area contributed by atoms with E-state index in [1.165, 1.54) is 17.8 Å². The van der Waals surface area contributed by atoms with Crippen LogP contribution in [0.3, 0.4) is 0 Å². The number of hydrogen-bond acceptors (Lipinski definition) is 6. The number of H-pyrrole nitrogens is 1. The number of nitrogens with one attached hydrogen (secondary N) is 1. The molecule has 1 amide bonds. The third-order valence-electron chi connectivity index (χ3n) is 4.10. The van der Waals surface area contributed by atoms with Crippen LogP contribution in [0.2, 0.25) is 0 Å². The van der Waals surface area contributed by atoms with E-state index < -0.39 is 0 Å². The molecule has 0 spiro atoms. The number of furan rings is 1. The van der Waals surface area contributed by atoms with Crippen molar-refractivity contribution < 1.29 is 13.9 Å². The van der Waals surface area contributed by atoms with Gasteiger partial charge in [-0.15, -0.1) is 0 Å². The van der Waals surface area contributed by atoms with Crippen LogP contribution in [0.15, 0.2) is 56.6 Å². The number of aromatic amines is 1. The highest BCUT2D eigenvalue weighted by Gasteiger charge is 2.21. The van der Waals surface area contributed by atoms with Crippen molar-refractivity contribution in [1.82, 2.24) is 14.9 Å². The maximum Gasteiger partial charge on any atom is 0.264 e. The molecule has 4 rings (SSSR count). The number of ether oxygens (including phenoxy) is 1. The SMILES string of the molecule is N#C/C(=C/c1ccc(Sc2nc3ccccc3[nH]2)o1)C(=O)N1CCOCC1. The van der Waals surface area contributed by atoms with Crippen LogP contribution in [0.25, 0.3) is 17.1 Å². The van der Waals surface area contributed by atoms with Crippen LogP contribution in [-0.4, -0.2) is 47.1 Å². The van der Waals surface area contributed by atoms with Crippen molar-refractivity contribution in [3.63, 3.8) is 0 Å². The van der Waals surface area contributed by atoms with Crippen LogP contribution >= 0.6 is 11.8 Å². The van der Waals surface area contributed by atoms with Crippen molar-refractivity contribution in [1.29, 1.82) is 5.26 Å². The van der Waals surface area contributed by atoms with Gasteiger partial charge in [-0.3, -0.25) is 4.79 Å². The Bertz CT molecular complexity index is 1010. The van der Waals surface area contributed by atoms with Gasteiger partial charge < -0.3 is 19.0 Å². The summed E-state index contributed by atoms with van der Waals surface area (Å²) in [6, 6.07) is 13.3. The van der Waals surface area contributed by atoms with E-state index in [0.717, 1.165) is 11.0 Å². The van der Waals surface area contributed by atoms with E-state index in [2.05, 4.69) is 9.97 Å². The van der Waals surface area contributed by atoms with Crippen molar-refractivity contribution in [2.45, 2.75) is 10.2 Å². The molecule has 136 valence electrons. The molecular weight excluding hydrogens is 364 g/mol. The Morgan fingerprint density at radius 1 is 1.26 bits per heavy atom. The molecule has 2 aromatic heterocycles. The summed E-state index contributed by atoms with van der Waals surface area (Å²) in [6.45, 7) is 1.96. The highest BCUT2D eigenvalue weighted by molar-refractivity contribution is 7.99. The number of hydrogen-bond donors (Lipinski definition) is 1. The predicted octanol–water partition coefficient (Wildman–Crippen LogP) is 3.07. The van der Waals surface area contributed by atoms with Crippen LogP contribution in [0.4, 0.5) is 0 Å². The lowest BCUT2D eigenvalue weighted by Gasteiger charge is -2.26. The Kier molecular flexibility index (Phi) is 4.96. The number of imidazole rings is 1. The summed E-state index contributed by atoms with van der Waals surface area (Å²) in [6.07, 6.45) is 1.47. The molecule has 1 fully saturated rings. The fraction of sp³-hybridized carbons (Fsp3) is 0.211. The molecule has 1 aromatic carbocycles. The lowest BCUT2D eigenvalue weighted by molar-refractivity contribution is -0.130. The van der Waals surface area contributed by atoms with E-state index in [9.17, 15) is 10.1 Å². The molecule has 1 aliphatic heterocycles. The zero-order chi connectivity index (χ0) is 18.6. The molecule has 0 radical (unpaired) electrons. The lowest BCUT2D eigenvalue weighted by atomic mass is 10.2. The topological polar surface area (TPSA) is 95.2 Å². The normalized spacial score (nSPS) is 15.1. The van der Waals surface area contributed by atoms with Gasteiger partial charge >= 0.3 is 0 Å². The number of morpholine rings is 1. The molecule has 1 aliphatic rings. The molecule has 0 unspecified atom stereocenters. The van der Waals surface area contributed by atoms with Crippen LogP contribution in [0.5, 0.6) is 0 Å². The van der Waals surface area contributed by atoms with E-state index in [0.29, 0.717) is 42.3 Å². The number of aromatic nitrogens is 2. The van der Waals surface area contributed by atoms with Gasteiger partial charge in [0.1, 0.15) is 17.4 Å². The highest BCUT2D eigenvalue weighted by atomic mass is 32.2. The van der Waals surface area contributed by atoms with E-state index in [-0.39, 0.29) is 11.5 Å². The molecule has 3 heterocycles. The van der Waals surface area contributed by atoms with Crippen LogP contribution in [-0.2, 0) is 9.53 Å². The predicted molar refractivity (Wildman–Crippen MR) is 99.9 cm³/mol. The Hall–Kier alpha value is -3.02. The van der Waals surface area contributed by atoms with Crippen molar-refractivity contribution in [3.8, 4) is 6.07 Å². The Morgan fingerprint density at radius 2 is 2.07 bits per heavy atom. The first-order chi connectivity index (χ1) is 13.2. The average Bonchev–Trinajstić information content (AvgIpc) is 3.32. The number of fused-ring (bicyclic) bond motifs is 1. The molecule has 27 heavy (non-hydrogen) atoms. The number of benzene rings is 1. The third kappa shape index (κ3) is 3.89. The first-order valence-electron chi connectivity index (χ1n) is 8.44. The van der Waals surface area contributed by atoms with Crippen molar-refractivity contribution in [3.05, 3.63) is 47.7 Å². The number of amides is 1. The summed E-state index contributed by atoms with van der Waals surface area (Å²) < 4.78 is 11.0. The molecule has 1 saturated heterocycles. The molecular formula is C19H16N4O3S. The minimum Gasteiger partial charge on any atom is -0.450 e. The van der Waals surface area contributed by atoms with Gasteiger partial charge in [-0.05, 0) is 36.0 Å². The fourth-order valence-corrected chi connectivity index (χ4v) is 3.53. The smallest absolute Gasteiger partial charge is 0.264 e. The number of nitrogens with zero attached hydrogens (tertiary/aromatic N) is 3. The summed E-state index contributed by atoms with van der Waals surface area (Å²) in [5.74, 6) is 0.149. The van der Waals surface area contributed by atoms with Gasteiger partial charge in [0.2, 0.25) is 0 Å². The van der Waals surface area contributed by atoms with E-state index in [1.807, 2.05) is 30.3 Å². The molecule has 0 atom stereocenters. The molecule has 0 bridgehead atoms. The van der Waals surface area contributed by atoms with Gasteiger partial charge in [0.15, 0.2) is 10.2 Å². The second-order valence-corrected chi connectivity index (χ2v) is 6.89. The van der Waals surface area contributed by atoms with Gasteiger partial charge in [-0.2, -0.15) is 5.26 Å². The van der Waals surface area contributed by atoms with Crippen molar-refractivity contribution in [2.24, 2.45) is 0 Å². The first kappa shape index (κ1) is 17.4. The average molecular weight is 380 g/mol. The van der Waals surface area contributed by atoms with Gasteiger partial charge in [0.25, 0.3) is 5.91 Å². The minimum absolute atomic E-state index is 0.0477. The van der Waals surface area contributed by atoms with Crippen LogP contribution < -0.4 is 0 Å². The molecule has 7 nitrogen and oxygen atoms in total. The molecule has 3 aromatic rings.